The first-order valence-corrected chi connectivity index (χ1v) is 6.93. The van der Waals surface area contributed by atoms with Crippen molar-refractivity contribution in [2.75, 3.05) is 18.5 Å². The Balaban J connectivity index is 2.37. The molecule has 1 aliphatic heterocycles. The molecule has 2 rings (SSSR count). The smallest absolute Gasteiger partial charge is 0.242 e. The van der Waals surface area contributed by atoms with Crippen LogP contribution in [0.25, 0.3) is 0 Å². The Morgan fingerprint density at radius 1 is 1.42 bits per heavy atom. The van der Waals surface area contributed by atoms with E-state index in [0.717, 1.165) is 37.1 Å². The number of amides is 1. The summed E-state index contributed by atoms with van der Waals surface area (Å²) in [5.74, 6) is 0.0532. The molecular formula is C14H19N3OS. The highest BCUT2D eigenvalue weighted by atomic mass is 32.1. The Kier molecular flexibility index (Phi) is 4.37. The van der Waals surface area contributed by atoms with Crippen molar-refractivity contribution in [1.29, 1.82) is 0 Å². The van der Waals surface area contributed by atoms with Gasteiger partial charge in [0.15, 0.2) is 0 Å². The van der Waals surface area contributed by atoms with Crippen LogP contribution < -0.4 is 16.0 Å². The third kappa shape index (κ3) is 2.87. The molecule has 1 heterocycles. The Morgan fingerprint density at radius 2 is 2.16 bits per heavy atom. The van der Waals surface area contributed by atoms with E-state index in [0.29, 0.717) is 4.99 Å². The Morgan fingerprint density at radius 3 is 2.84 bits per heavy atom. The van der Waals surface area contributed by atoms with Crippen LogP contribution in [0.3, 0.4) is 0 Å². The van der Waals surface area contributed by atoms with Crippen molar-refractivity contribution in [2.24, 2.45) is 5.73 Å². The number of hydrogen-bond acceptors (Lipinski definition) is 3. The number of hydrogen-bond donors (Lipinski definition) is 2. The van der Waals surface area contributed by atoms with Gasteiger partial charge in [0, 0.05) is 24.8 Å². The van der Waals surface area contributed by atoms with Crippen molar-refractivity contribution in [2.45, 2.75) is 25.3 Å². The molecule has 0 aromatic heterocycles. The van der Waals surface area contributed by atoms with Gasteiger partial charge in [0.2, 0.25) is 5.91 Å². The molecule has 19 heavy (non-hydrogen) atoms. The lowest BCUT2D eigenvalue weighted by molar-refractivity contribution is -0.122. The molecule has 1 aromatic carbocycles. The van der Waals surface area contributed by atoms with Gasteiger partial charge in [-0.3, -0.25) is 4.79 Å². The van der Waals surface area contributed by atoms with Crippen molar-refractivity contribution in [1.82, 2.24) is 5.32 Å². The van der Waals surface area contributed by atoms with E-state index in [1.807, 2.05) is 24.3 Å². The lowest BCUT2D eigenvalue weighted by Gasteiger charge is -2.37. The molecule has 3 N–H and O–H groups in total. The largest absolute Gasteiger partial charge is 0.389 e. The first-order chi connectivity index (χ1) is 9.15. The number of nitrogens with one attached hydrogen (secondary N) is 1. The van der Waals surface area contributed by atoms with E-state index >= 15 is 0 Å². The summed E-state index contributed by atoms with van der Waals surface area (Å²) in [6, 6.07) is 7.63. The predicted octanol–water partition coefficient (Wildman–Crippen LogP) is 1.43. The van der Waals surface area contributed by atoms with Gasteiger partial charge < -0.3 is 16.0 Å². The number of carbonyl (C=O) groups excluding carboxylic acids is 1. The predicted molar refractivity (Wildman–Crippen MR) is 81.4 cm³/mol. The van der Waals surface area contributed by atoms with Gasteiger partial charge in [-0.2, -0.15) is 0 Å². The summed E-state index contributed by atoms with van der Waals surface area (Å²) in [6.45, 7) is 0.859. The molecule has 0 radical (unpaired) electrons. The van der Waals surface area contributed by atoms with Crippen molar-refractivity contribution in [3.05, 3.63) is 29.8 Å². The minimum Gasteiger partial charge on any atom is -0.389 e. The average molecular weight is 277 g/mol. The van der Waals surface area contributed by atoms with E-state index < -0.39 is 0 Å². The topological polar surface area (TPSA) is 58.4 Å². The number of nitrogens with zero attached hydrogens (tertiary/aromatic N) is 1. The molecule has 0 bridgehead atoms. The second kappa shape index (κ2) is 6.02. The number of para-hydroxylation sites is 1. The van der Waals surface area contributed by atoms with Gasteiger partial charge >= 0.3 is 0 Å². The number of rotatable bonds is 3. The van der Waals surface area contributed by atoms with Gasteiger partial charge in [0.1, 0.15) is 11.0 Å². The lowest BCUT2D eigenvalue weighted by atomic mass is 9.99. The Hall–Kier alpha value is -1.62. The number of likely N-dealkylation sites (N-methyl/N-ethyl adjacent to an activating group) is 1. The van der Waals surface area contributed by atoms with E-state index in [1.165, 1.54) is 0 Å². The number of thiocarbonyl (C=S) groups is 1. The zero-order valence-electron chi connectivity index (χ0n) is 11.1. The summed E-state index contributed by atoms with van der Waals surface area (Å²) in [7, 11) is 1.68. The van der Waals surface area contributed by atoms with Crippen LogP contribution in [0.15, 0.2) is 24.3 Å². The van der Waals surface area contributed by atoms with Crippen LogP contribution in [-0.2, 0) is 4.79 Å². The van der Waals surface area contributed by atoms with Gasteiger partial charge in [-0.15, -0.1) is 0 Å². The SMILES string of the molecule is CNC(=O)C1CCCCN1c1ccccc1C(N)=S. The molecule has 1 aromatic rings. The van der Waals surface area contributed by atoms with Gasteiger partial charge in [-0.05, 0) is 31.4 Å². The summed E-state index contributed by atoms with van der Waals surface area (Å²) in [4.78, 5) is 14.5. The van der Waals surface area contributed by atoms with Crippen LogP contribution in [0.1, 0.15) is 24.8 Å². The standard InChI is InChI=1S/C14H19N3OS/c1-16-14(18)12-8-4-5-9-17(12)11-7-3-2-6-10(11)13(15)19/h2-3,6-7,12H,4-5,8-9H2,1H3,(H2,15,19)(H,16,18). The lowest BCUT2D eigenvalue weighted by Crippen LogP contribution is -2.49. The van der Waals surface area contributed by atoms with Gasteiger partial charge in [0.25, 0.3) is 0 Å². The summed E-state index contributed by atoms with van der Waals surface area (Å²) in [5, 5.41) is 2.74. The highest BCUT2D eigenvalue weighted by Crippen LogP contribution is 2.28. The summed E-state index contributed by atoms with van der Waals surface area (Å²) in [5.41, 5.74) is 7.58. The third-order valence-electron chi connectivity index (χ3n) is 3.53. The van der Waals surface area contributed by atoms with Crippen molar-refractivity contribution in [3.8, 4) is 0 Å². The van der Waals surface area contributed by atoms with Crippen LogP contribution >= 0.6 is 12.2 Å². The fraction of sp³-hybridized carbons (Fsp3) is 0.429. The molecule has 0 spiro atoms. The molecule has 1 saturated heterocycles. The monoisotopic (exact) mass is 277 g/mol. The third-order valence-corrected chi connectivity index (χ3v) is 3.75. The molecule has 0 saturated carbocycles. The van der Waals surface area contributed by atoms with Crippen molar-refractivity contribution >= 4 is 28.8 Å². The average Bonchev–Trinajstić information content (AvgIpc) is 2.46. The second-order valence-electron chi connectivity index (χ2n) is 4.70. The first kappa shape index (κ1) is 13.8. The van der Waals surface area contributed by atoms with Crippen LogP contribution in [0.5, 0.6) is 0 Å². The summed E-state index contributed by atoms with van der Waals surface area (Å²) >= 11 is 5.10. The molecule has 4 nitrogen and oxygen atoms in total. The highest BCUT2D eigenvalue weighted by molar-refractivity contribution is 7.80. The number of carbonyl (C=O) groups is 1. The Labute approximate surface area is 119 Å². The maximum atomic E-state index is 12.0. The normalized spacial score (nSPS) is 19.0. The fourth-order valence-corrected chi connectivity index (χ4v) is 2.76. The quantitative estimate of drug-likeness (QED) is 0.821. The van der Waals surface area contributed by atoms with Crippen LogP contribution in [-0.4, -0.2) is 30.5 Å². The number of anilines is 1. The first-order valence-electron chi connectivity index (χ1n) is 6.52. The van der Waals surface area contributed by atoms with Crippen LogP contribution in [0, 0.1) is 0 Å². The molecule has 5 heteroatoms. The molecular weight excluding hydrogens is 258 g/mol. The van der Waals surface area contributed by atoms with Crippen LogP contribution in [0.2, 0.25) is 0 Å². The number of piperidine rings is 1. The van der Waals surface area contributed by atoms with Crippen LogP contribution in [0.4, 0.5) is 5.69 Å². The molecule has 102 valence electrons. The summed E-state index contributed by atoms with van der Waals surface area (Å²) in [6.07, 6.45) is 3.02. The molecule has 1 unspecified atom stereocenters. The van der Waals surface area contributed by atoms with E-state index in [4.69, 9.17) is 18.0 Å². The maximum absolute atomic E-state index is 12.0. The molecule has 1 amide bonds. The van der Waals surface area contributed by atoms with E-state index in [-0.39, 0.29) is 11.9 Å². The number of benzene rings is 1. The van der Waals surface area contributed by atoms with Gasteiger partial charge in [0.05, 0.1) is 0 Å². The molecule has 0 aliphatic carbocycles. The molecule has 1 aliphatic rings. The van der Waals surface area contributed by atoms with E-state index in [2.05, 4.69) is 10.2 Å². The van der Waals surface area contributed by atoms with E-state index in [9.17, 15) is 4.79 Å². The summed E-state index contributed by atoms with van der Waals surface area (Å²) < 4.78 is 0. The van der Waals surface area contributed by atoms with Crippen molar-refractivity contribution < 1.29 is 4.79 Å². The molecule has 1 atom stereocenters. The van der Waals surface area contributed by atoms with E-state index in [1.54, 1.807) is 7.05 Å². The maximum Gasteiger partial charge on any atom is 0.242 e. The highest BCUT2D eigenvalue weighted by Gasteiger charge is 2.29. The fourth-order valence-electron chi connectivity index (χ4n) is 2.59. The zero-order chi connectivity index (χ0) is 13.8. The molecule has 1 fully saturated rings. The van der Waals surface area contributed by atoms with Crippen molar-refractivity contribution in [3.63, 3.8) is 0 Å². The minimum atomic E-state index is -0.130. The minimum absolute atomic E-state index is 0.0532. The zero-order valence-corrected chi connectivity index (χ0v) is 11.9. The Bertz CT molecular complexity index is 489. The second-order valence-corrected chi connectivity index (χ2v) is 5.14. The van der Waals surface area contributed by atoms with Gasteiger partial charge in [-0.25, -0.2) is 0 Å². The van der Waals surface area contributed by atoms with Gasteiger partial charge in [-0.1, -0.05) is 24.4 Å². The number of nitrogens with two attached hydrogens (primary N) is 1.